The molecule has 6 heteroatoms. The molecule has 0 unspecified atom stereocenters. The van der Waals surface area contributed by atoms with Gasteiger partial charge >= 0.3 is 0 Å². The van der Waals surface area contributed by atoms with Gasteiger partial charge < -0.3 is 10.6 Å². The van der Waals surface area contributed by atoms with Crippen LogP contribution in [0.3, 0.4) is 0 Å². The molecule has 1 aliphatic rings. The van der Waals surface area contributed by atoms with Crippen LogP contribution in [-0.2, 0) is 11.3 Å². The molecule has 3 rings (SSSR count). The number of aromatic nitrogens is 2. The highest BCUT2D eigenvalue weighted by atomic mass is 32.1. The van der Waals surface area contributed by atoms with Crippen LogP contribution in [0.2, 0.25) is 0 Å². The smallest absolute Gasteiger partial charge is 0.222 e. The van der Waals surface area contributed by atoms with Crippen molar-refractivity contribution in [1.29, 1.82) is 0 Å². The van der Waals surface area contributed by atoms with Crippen LogP contribution in [0.25, 0.3) is 10.2 Å². The average Bonchev–Trinajstić information content (AvgIpc) is 2.85. The van der Waals surface area contributed by atoms with Crippen molar-refractivity contribution < 1.29 is 4.79 Å². The van der Waals surface area contributed by atoms with E-state index in [1.807, 2.05) is 16.3 Å². The number of nitrogens with zero attached hydrogens (tertiary/aromatic N) is 3. The Morgan fingerprint density at radius 3 is 3.00 bits per heavy atom. The third-order valence-electron chi connectivity index (χ3n) is 4.16. The summed E-state index contributed by atoms with van der Waals surface area (Å²) in [5.74, 6) is 1.32. The van der Waals surface area contributed by atoms with Gasteiger partial charge in [0.15, 0.2) is 5.82 Å². The topological polar surface area (TPSA) is 72.1 Å². The van der Waals surface area contributed by atoms with Crippen LogP contribution in [0.15, 0.2) is 11.4 Å². The zero-order valence-corrected chi connectivity index (χ0v) is 13.2. The lowest BCUT2D eigenvalue weighted by Gasteiger charge is -2.23. The van der Waals surface area contributed by atoms with E-state index in [2.05, 4.69) is 23.8 Å². The van der Waals surface area contributed by atoms with Crippen LogP contribution in [0.1, 0.15) is 38.9 Å². The number of nitrogens with two attached hydrogens (primary N) is 1. The Morgan fingerprint density at radius 1 is 1.38 bits per heavy atom. The van der Waals surface area contributed by atoms with Gasteiger partial charge in [-0.3, -0.25) is 4.79 Å². The molecule has 0 atom stereocenters. The first-order chi connectivity index (χ1) is 9.94. The molecule has 0 saturated carbocycles. The van der Waals surface area contributed by atoms with E-state index in [-0.39, 0.29) is 11.3 Å². The summed E-state index contributed by atoms with van der Waals surface area (Å²) in [5.41, 5.74) is 6.19. The molecular weight excluding hydrogens is 284 g/mol. The number of rotatable bonds is 2. The van der Waals surface area contributed by atoms with Gasteiger partial charge in [-0.1, -0.05) is 13.8 Å². The number of nitrogen functional groups attached to an aromatic ring is 1. The van der Waals surface area contributed by atoms with Crippen LogP contribution in [-0.4, -0.2) is 27.3 Å². The fourth-order valence-electron chi connectivity index (χ4n) is 2.62. The van der Waals surface area contributed by atoms with E-state index < -0.39 is 0 Å². The number of carbonyl (C=O) groups is 1. The molecule has 1 fully saturated rings. The van der Waals surface area contributed by atoms with Gasteiger partial charge in [0, 0.05) is 13.0 Å². The van der Waals surface area contributed by atoms with Crippen molar-refractivity contribution in [3.8, 4) is 0 Å². The Labute approximate surface area is 128 Å². The van der Waals surface area contributed by atoms with Crippen LogP contribution < -0.4 is 5.73 Å². The van der Waals surface area contributed by atoms with Gasteiger partial charge in [-0.05, 0) is 29.7 Å². The number of thiophene rings is 1. The van der Waals surface area contributed by atoms with E-state index in [4.69, 9.17) is 5.73 Å². The Hall–Kier alpha value is -1.69. The molecule has 5 nitrogen and oxygen atoms in total. The predicted octanol–water partition coefficient (Wildman–Crippen LogP) is 2.81. The van der Waals surface area contributed by atoms with Crippen molar-refractivity contribution in [3.05, 3.63) is 17.3 Å². The Balaban J connectivity index is 1.82. The fourth-order valence-corrected chi connectivity index (χ4v) is 3.41. The zero-order valence-electron chi connectivity index (χ0n) is 12.4. The van der Waals surface area contributed by atoms with Crippen LogP contribution in [0.5, 0.6) is 0 Å². The highest BCUT2D eigenvalue weighted by molar-refractivity contribution is 7.16. The van der Waals surface area contributed by atoms with Crippen molar-refractivity contribution in [2.75, 3.05) is 12.3 Å². The summed E-state index contributed by atoms with van der Waals surface area (Å²) in [6.07, 6.45) is 2.55. The van der Waals surface area contributed by atoms with Gasteiger partial charge in [0.1, 0.15) is 10.6 Å². The van der Waals surface area contributed by atoms with E-state index >= 15 is 0 Å². The standard InChI is InChI=1S/C15H20N4OS/c1-15(2)5-3-12(20)19(7-6-15)9-11-17-13(16)10-4-8-21-14(10)18-11/h4,8H,3,5-7,9H2,1-2H3,(H2,16,17,18). The first-order valence-corrected chi connectivity index (χ1v) is 8.10. The second kappa shape index (κ2) is 5.26. The van der Waals surface area contributed by atoms with Gasteiger partial charge in [0.05, 0.1) is 11.9 Å². The predicted molar refractivity (Wildman–Crippen MR) is 84.9 cm³/mol. The molecule has 2 N–H and O–H groups in total. The molecule has 112 valence electrons. The number of fused-ring (bicyclic) bond motifs is 1. The summed E-state index contributed by atoms with van der Waals surface area (Å²) in [7, 11) is 0. The zero-order chi connectivity index (χ0) is 15.0. The SMILES string of the molecule is CC1(C)CCC(=O)N(Cc2nc(N)c3ccsc3n2)CC1. The Kier molecular flexibility index (Phi) is 3.57. The summed E-state index contributed by atoms with van der Waals surface area (Å²) >= 11 is 1.55. The number of hydrogen-bond donors (Lipinski definition) is 1. The van der Waals surface area contributed by atoms with Crippen molar-refractivity contribution in [1.82, 2.24) is 14.9 Å². The summed E-state index contributed by atoms with van der Waals surface area (Å²) < 4.78 is 0. The summed E-state index contributed by atoms with van der Waals surface area (Å²) in [6.45, 7) is 5.65. The normalized spacial score (nSPS) is 19.0. The molecule has 21 heavy (non-hydrogen) atoms. The van der Waals surface area contributed by atoms with Gasteiger partial charge in [-0.25, -0.2) is 9.97 Å². The maximum atomic E-state index is 12.2. The Morgan fingerprint density at radius 2 is 2.19 bits per heavy atom. The van der Waals surface area contributed by atoms with Crippen molar-refractivity contribution in [3.63, 3.8) is 0 Å². The summed E-state index contributed by atoms with van der Waals surface area (Å²) in [6, 6.07) is 1.93. The molecule has 2 aromatic heterocycles. The minimum absolute atomic E-state index is 0.189. The largest absolute Gasteiger partial charge is 0.383 e. The van der Waals surface area contributed by atoms with E-state index in [0.29, 0.717) is 24.6 Å². The molecule has 0 aromatic carbocycles. The lowest BCUT2D eigenvalue weighted by Crippen LogP contribution is -2.31. The average molecular weight is 304 g/mol. The monoisotopic (exact) mass is 304 g/mol. The molecule has 3 heterocycles. The number of carbonyl (C=O) groups excluding carboxylic acids is 1. The summed E-state index contributed by atoms with van der Waals surface area (Å²) in [4.78, 5) is 23.9. The molecule has 0 bridgehead atoms. The van der Waals surface area contributed by atoms with Crippen molar-refractivity contribution in [2.24, 2.45) is 5.41 Å². The lowest BCUT2D eigenvalue weighted by atomic mass is 9.85. The quantitative estimate of drug-likeness (QED) is 0.926. The number of anilines is 1. The van der Waals surface area contributed by atoms with Crippen molar-refractivity contribution in [2.45, 2.75) is 39.7 Å². The lowest BCUT2D eigenvalue weighted by molar-refractivity contribution is -0.131. The number of amides is 1. The molecule has 0 spiro atoms. The van der Waals surface area contributed by atoms with Gasteiger partial charge in [0.2, 0.25) is 5.91 Å². The van der Waals surface area contributed by atoms with Gasteiger partial charge in [-0.15, -0.1) is 11.3 Å². The fraction of sp³-hybridized carbons (Fsp3) is 0.533. The molecule has 1 saturated heterocycles. The summed E-state index contributed by atoms with van der Waals surface area (Å²) in [5, 5.41) is 2.85. The number of hydrogen-bond acceptors (Lipinski definition) is 5. The second-order valence-electron chi connectivity index (χ2n) is 6.39. The van der Waals surface area contributed by atoms with Crippen LogP contribution in [0, 0.1) is 5.41 Å². The van der Waals surface area contributed by atoms with E-state index in [9.17, 15) is 4.79 Å². The third-order valence-corrected chi connectivity index (χ3v) is 4.97. The maximum Gasteiger partial charge on any atom is 0.222 e. The van der Waals surface area contributed by atoms with Crippen LogP contribution >= 0.6 is 11.3 Å². The first kappa shape index (κ1) is 14.3. The molecule has 1 aliphatic heterocycles. The minimum Gasteiger partial charge on any atom is -0.383 e. The molecular formula is C15H20N4OS. The van der Waals surface area contributed by atoms with Gasteiger partial charge in [-0.2, -0.15) is 0 Å². The highest BCUT2D eigenvalue weighted by Crippen LogP contribution is 2.31. The third kappa shape index (κ3) is 3.00. The van der Waals surface area contributed by atoms with E-state index in [1.165, 1.54) is 0 Å². The van der Waals surface area contributed by atoms with E-state index in [1.54, 1.807) is 11.3 Å². The Bertz CT molecular complexity index is 679. The maximum absolute atomic E-state index is 12.2. The second-order valence-corrected chi connectivity index (χ2v) is 7.29. The van der Waals surface area contributed by atoms with E-state index in [0.717, 1.165) is 29.6 Å². The molecule has 2 aromatic rings. The minimum atomic E-state index is 0.189. The van der Waals surface area contributed by atoms with Crippen molar-refractivity contribution >= 4 is 33.3 Å². The van der Waals surface area contributed by atoms with Gasteiger partial charge in [0.25, 0.3) is 0 Å². The first-order valence-electron chi connectivity index (χ1n) is 7.22. The van der Waals surface area contributed by atoms with Crippen LogP contribution in [0.4, 0.5) is 5.82 Å². The highest BCUT2D eigenvalue weighted by Gasteiger charge is 2.27. The number of likely N-dealkylation sites (tertiary alicyclic amines) is 1. The molecule has 0 radical (unpaired) electrons. The molecule has 1 amide bonds. The molecule has 0 aliphatic carbocycles.